The molecule has 0 saturated carbocycles. The lowest BCUT2D eigenvalue weighted by molar-refractivity contribution is -0.116. The molecule has 2 nitrogen and oxygen atoms in total. The number of halogens is 1. The average Bonchev–Trinajstić information content (AvgIpc) is 2.30. The molecule has 1 rings (SSSR count). The molecule has 0 aliphatic carbocycles. The molecule has 1 atom stereocenters. The Bertz CT molecular complexity index is 193. The number of allylic oxidation sites excluding steroid dienone is 1. The van der Waals surface area contributed by atoms with Crippen LogP contribution in [0.15, 0.2) is 11.6 Å². The topological polar surface area (TPSA) is 26.3 Å². The molecule has 0 spiro atoms. The molecule has 0 N–H and O–H groups in total. The summed E-state index contributed by atoms with van der Waals surface area (Å²) in [5, 5.41) is 0.564. The molecule has 74 valence electrons. The highest BCUT2D eigenvalue weighted by Gasteiger charge is 2.31. The fraction of sp³-hybridized carbons (Fsp3) is 0.700. The first-order valence-corrected chi connectivity index (χ1v) is 4.94. The van der Waals surface area contributed by atoms with Gasteiger partial charge in [-0.05, 0) is 25.7 Å². The summed E-state index contributed by atoms with van der Waals surface area (Å²) in [6.07, 6.45) is 4.17. The lowest BCUT2D eigenvalue weighted by Crippen LogP contribution is -2.23. The largest absolute Gasteiger partial charge is 0.381 e. The van der Waals surface area contributed by atoms with Crippen LogP contribution in [0.5, 0.6) is 0 Å². The van der Waals surface area contributed by atoms with Gasteiger partial charge in [-0.25, -0.2) is 0 Å². The minimum Gasteiger partial charge on any atom is -0.381 e. The van der Waals surface area contributed by atoms with Crippen molar-refractivity contribution in [2.24, 2.45) is 5.41 Å². The Morgan fingerprint density at radius 2 is 2.31 bits per heavy atom. The molecule has 13 heavy (non-hydrogen) atoms. The van der Waals surface area contributed by atoms with Gasteiger partial charge in [0.25, 0.3) is 0 Å². The van der Waals surface area contributed by atoms with Crippen LogP contribution in [0.2, 0.25) is 0 Å². The van der Waals surface area contributed by atoms with Crippen LogP contribution in [0.25, 0.3) is 0 Å². The monoisotopic (exact) mass is 202 g/mol. The molecule has 1 saturated heterocycles. The molecule has 0 bridgehead atoms. The Balaban J connectivity index is 2.64. The van der Waals surface area contributed by atoms with Crippen molar-refractivity contribution in [3.05, 3.63) is 11.6 Å². The lowest BCUT2D eigenvalue weighted by atomic mass is 9.79. The highest BCUT2D eigenvalue weighted by Crippen LogP contribution is 2.35. The van der Waals surface area contributed by atoms with Gasteiger partial charge in [-0.1, -0.05) is 18.2 Å². The summed E-state index contributed by atoms with van der Waals surface area (Å²) in [6.45, 7) is 5.05. The van der Waals surface area contributed by atoms with Gasteiger partial charge in [0.2, 0.25) is 0 Å². The zero-order chi connectivity index (χ0) is 9.73. The number of carbonyl (C=O) groups excluding carboxylic acids is 1. The van der Waals surface area contributed by atoms with E-state index in [1.165, 1.54) is 0 Å². The van der Waals surface area contributed by atoms with Crippen molar-refractivity contribution in [3.8, 4) is 0 Å². The summed E-state index contributed by atoms with van der Waals surface area (Å²) >= 11 is 5.74. The quantitative estimate of drug-likeness (QED) is 0.658. The predicted octanol–water partition coefficient (Wildman–Crippen LogP) is 2.51. The van der Waals surface area contributed by atoms with Gasteiger partial charge in [-0.15, -0.1) is 0 Å². The van der Waals surface area contributed by atoms with Crippen molar-refractivity contribution in [3.63, 3.8) is 0 Å². The first-order valence-electron chi connectivity index (χ1n) is 4.56. The molecular weight excluding hydrogens is 188 g/mol. The van der Waals surface area contributed by atoms with Gasteiger partial charge in [0.05, 0.1) is 0 Å². The van der Waals surface area contributed by atoms with Gasteiger partial charge >= 0.3 is 0 Å². The Kier molecular flexibility index (Phi) is 3.94. The highest BCUT2D eigenvalue weighted by molar-refractivity contribution is 6.29. The maximum Gasteiger partial charge on any atom is 0.126 e. The number of rotatable bonds is 3. The fourth-order valence-corrected chi connectivity index (χ4v) is 2.01. The number of hydrogen-bond acceptors (Lipinski definition) is 2. The summed E-state index contributed by atoms with van der Waals surface area (Å²) in [5.41, 5.74) is -0.310. The van der Waals surface area contributed by atoms with E-state index >= 15 is 0 Å². The summed E-state index contributed by atoms with van der Waals surface area (Å²) in [6, 6.07) is 0. The molecule has 1 aliphatic rings. The van der Waals surface area contributed by atoms with Crippen LogP contribution in [0.1, 0.15) is 25.7 Å². The second kappa shape index (κ2) is 4.77. The molecule has 0 amide bonds. The summed E-state index contributed by atoms with van der Waals surface area (Å²) < 4.78 is 5.30. The van der Waals surface area contributed by atoms with E-state index in [0.29, 0.717) is 18.1 Å². The van der Waals surface area contributed by atoms with Gasteiger partial charge in [-0.2, -0.15) is 0 Å². The van der Waals surface area contributed by atoms with E-state index in [2.05, 4.69) is 6.58 Å². The Morgan fingerprint density at radius 3 is 2.92 bits per heavy atom. The second-order valence-electron chi connectivity index (χ2n) is 3.64. The van der Waals surface area contributed by atoms with Crippen LogP contribution in [0.3, 0.4) is 0 Å². The number of hydrogen-bond donors (Lipinski definition) is 0. The maximum absolute atomic E-state index is 11.0. The number of ether oxygens (including phenoxy) is 1. The Morgan fingerprint density at radius 1 is 1.54 bits per heavy atom. The van der Waals surface area contributed by atoms with Crippen LogP contribution >= 0.6 is 11.6 Å². The Labute approximate surface area is 83.9 Å². The molecule has 1 aliphatic heterocycles. The van der Waals surface area contributed by atoms with Crippen molar-refractivity contribution >= 4 is 17.9 Å². The highest BCUT2D eigenvalue weighted by atomic mass is 35.5. The van der Waals surface area contributed by atoms with Gasteiger partial charge in [-0.3, -0.25) is 0 Å². The van der Waals surface area contributed by atoms with E-state index in [9.17, 15) is 4.79 Å². The molecular formula is C10H15ClO2. The molecule has 1 heterocycles. The minimum absolute atomic E-state index is 0.310. The second-order valence-corrected chi connectivity index (χ2v) is 4.17. The third-order valence-electron chi connectivity index (χ3n) is 2.50. The van der Waals surface area contributed by atoms with Crippen molar-refractivity contribution in [2.45, 2.75) is 25.7 Å². The van der Waals surface area contributed by atoms with E-state index < -0.39 is 0 Å². The van der Waals surface area contributed by atoms with E-state index in [0.717, 1.165) is 32.2 Å². The van der Waals surface area contributed by atoms with Crippen molar-refractivity contribution in [1.82, 2.24) is 0 Å². The van der Waals surface area contributed by atoms with E-state index in [1.807, 2.05) is 0 Å². The normalized spacial score (nSPS) is 29.3. The van der Waals surface area contributed by atoms with Gasteiger partial charge in [0, 0.05) is 23.7 Å². The van der Waals surface area contributed by atoms with Gasteiger partial charge < -0.3 is 9.53 Å². The number of aldehydes is 1. The van der Waals surface area contributed by atoms with Crippen LogP contribution in [0.4, 0.5) is 0 Å². The van der Waals surface area contributed by atoms with Crippen molar-refractivity contribution in [1.29, 1.82) is 0 Å². The van der Waals surface area contributed by atoms with Crippen LogP contribution in [-0.4, -0.2) is 19.5 Å². The minimum atomic E-state index is -0.310. The Hall–Kier alpha value is -0.340. The molecule has 0 aromatic carbocycles. The fourth-order valence-electron chi connectivity index (χ4n) is 1.75. The van der Waals surface area contributed by atoms with E-state index in [1.54, 1.807) is 0 Å². The maximum atomic E-state index is 11.0. The molecule has 1 unspecified atom stereocenters. The molecule has 0 aromatic heterocycles. The average molecular weight is 203 g/mol. The predicted molar refractivity (Wildman–Crippen MR) is 52.8 cm³/mol. The zero-order valence-corrected chi connectivity index (χ0v) is 8.48. The SMILES string of the molecule is C=C(Cl)CC1(C=O)CCCOCC1. The first-order chi connectivity index (χ1) is 6.18. The summed E-state index contributed by atoms with van der Waals surface area (Å²) in [4.78, 5) is 11.0. The van der Waals surface area contributed by atoms with Crippen LogP contribution < -0.4 is 0 Å². The van der Waals surface area contributed by atoms with E-state index in [4.69, 9.17) is 16.3 Å². The standard InChI is InChI=1S/C10H15ClO2/c1-9(11)7-10(8-12)3-2-5-13-6-4-10/h8H,1-7H2. The summed E-state index contributed by atoms with van der Waals surface area (Å²) in [5.74, 6) is 0. The lowest BCUT2D eigenvalue weighted by Gasteiger charge is -2.24. The number of carbonyl (C=O) groups is 1. The first kappa shape index (κ1) is 10.7. The van der Waals surface area contributed by atoms with Crippen LogP contribution in [0, 0.1) is 5.41 Å². The van der Waals surface area contributed by atoms with Gasteiger partial charge in [0.1, 0.15) is 6.29 Å². The molecule has 1 fully saturated rings. The summed E-state index contributed by atoms with van der Waals surface area (Å²) in [7, 11) is 0. The molecule has 0 aromatic rings. The smallest absolute Gasteiger partial charge is 0.126 e. The zero-order valence-electron chi connectivity index (χ0n) is 7.72. The van der Waals surface area contributed by atoms with Crippen LogP contribution in [-0.2, 0) is 9.53 Å². The molecule has 0 radical (unpaired) electrons. The third-order valence-corrected chi connectivity index (χ3v) is 2.64. The third kappa shape index (κ3) is 3.12. The van der Waals surface area contributed by atoms with Crippen molar-refractivity contribution in [2.75, 3.05) is 13.2 Å². The van der Waals surface area contributed by atoms with E-state index in [-0.39, 0.29) is 5.41 Å². The molecule has 3 heteroatoms. The van der Waals surface area contributed by atoms with Crippen molar-refractivity contribution < 1.29 is 9.53 Å². The van der Waals surface area contributed by atoms with Gasteiger partial charge in [0.15, 0.2) is 0 Å².